The number of likely N-dealkylation sites (tertiary alicyclic amines) is 1. The largest absolute Gasteiger partial charge is 0.342 e. The van der Waals surface area contributed by atoms with Gasteiger partial charge in [-0.3, -0.25) is 4.79 Å². The molecule has 0 aromatic heterocycles. The summed E-state index contributed by atoms with van der Waals surface area (Å²) in [7, 11) is -3.32. The van der Waals surface area contributed by atoms with Gasteiger partial charge in [0.25, 0.3) is 0 Å². The molecule has 2 aliphatic rings. The SMILES string of the molecule is CS(=O)(=O)N[C@H]1CCCN(C(=O)[C@H]2C[C@@H]2c2cccc(F)c2-c2c(F)cccc2F)CC1. The molecule has 2 fully saturated rings. The lowest BCUT2D eigenvalue weighted by atomic mass is 9.94. The topological polar surface area (TPSA) is 66.5 Å². The lowest BCUT2D eigenvalue weighted by molar-refractivity contribution is -0.132. The van der Waals surface area contributed by atoms with Crippen LogP contribution in [0.3, 0.4) is 0 Å². The number of benzene rings is 2. The van der Waals surface area contributed by atoms with Crippen LogP contribution in [0.5, 0.6) is 0 Å². The van der Waals surface area contributed by atoms with Crippen molar-refractivity contribution in [2.45, 2.75) is 37.6 Å². The normalized spacial score (nSPS) is 23.6. The maximum atomic E-state index is 14.7. The van der Waals surface area contributed by atoms with Crippen molar-refractivity contribution in [3.63, 3.8) is 0 Å². The van der Waals surface area contributed by atoms with Crippen LogP contribution in [0.25, 0.3) is 11.1 Å². The van der Waals surface area contributed by atoms with Gasteiger partial charge in [0.05, 0.1) is 11.8 Å². The fourth-order valence-corrected chi connectivity index (χ4v) is 5.47. The number of carbonyl (C=O) groups excluding carboxylic acids is 1. The van der Waals surface area contributed by atoms with Crippen molar-refractivity contribution in [1.82, 2.24) is 9.62 Å². The van der Waals surface area contributed by atoms with Gasteiger partial charge in [0.15, 0.2) is 0 Å². The highest BCUT2D eigenvalue weighted by molar-refractivity contribution is 7.88. The van der Waals surface area contributed by atoms with E-state index in [2.05, 4.69) is 4.72 Å². The number of rotatable bonds is 5. The van der Waals surface area contributed by atoms with E-state index in [1.807, 2.05) is 0 Å². The molecule has 9 heteroatoms. The van der Waals surface area contributed by atoms with Gasteiger partial charge in [-0.2, -0.15) is 0 Å². The minimum absolute atomic E-state index is 0.0841. The van der Waals surface area contributed by atoms with E-state index < -0.39 is 33.0 Å². The maximum Gasteiger partial charge on any atom is 0.226 e. The van der Waals surface area contributed by atoms with E-state index in [4.69, 9.17) is 0 Å². The van der Waals surface area contributed by atoms with Gasteiger partial charge in [0.1, 0.15) is 17.5 Å². The van der Waals surface area contributed by atoms with Crippen LogP contribution in [0.15, 0.2) is 36.4 Å². The molecule has 3 atom stereocenters. The Bertz CT molecular complexity index is 1120. The monoisotopic (exact) mass is 466 g/mol. The second kappa shape index (κ2) is 8.86. The summed E-state index contributed by atoms with van der Waals surface area (Å²) in [6.07, 6.45) is 3.42. The highest BCUT2D eigenvalue weighted by atomic mass is 32.2. The average molecular weight is 467 g/mol. The van der Waals surface area contributed by atoms with E-state index in [0.717, 1.165) is 24.5 Å². The van der Waals surface area contributed by atoms with Gasteiger partial charge in [-0.1, -0.05) is 18.2 Å². The molecule has 172 valence electrons. The number of nitrogens with one attached hydrogen (secondary N) is 1. The Kier molecular flexibility index (Phi) is 6.31. The molecule has 2 aromatic rings. The lowest BCUT2D eigenvalue weighted by Crippen LogP contribution is -2.36. The summed E-state index contributed by atoms with van der Waals surface area (Å²) in [6, 6.07) is 7.45. The maximum absolute atomic E-state index is 14.7. The van der Waals surface area contributed by atoms with Crippen molar-refractivity contribution < 1.29 is 26.4 Å². The first-order chi connectivity index (χ1) is 15.2. The second-order valence-corrected chi connectivity index (χ2v) is 10.4. The number of nitrogens with zero attached hydrogens (tertiary/aromatic N) is 1. The predicted octanol–water partition coefficient (Wildman–Crippen LogP) is 3.80. The van der Waals surface area contributed by atoms with Gasteiger partial charge >= 0.3 is 0 Å². The fraction of sp³-hybridized carbons (Fsp3) is 0.435. The molecule has 32 heavy (non-hydrogen) atoms. The van der Waals surface area contributed by atoms with Crippen molar-refractivity contribution in [3.8, 4) is 11.1 Å². The number of hydrogen-bond donors (Lipinski definition) is 1. The minimum atomic E-state index is -3.32. The molecule has 1 amide bonds. The van der Waals surface area contributed by atoms with Gasteiger partial charge in [0.2, 0.25) is 15.9 Å². The summed E-state index contributed by atoms with van der Waals surface area (Å²) in [5.41, 5.74) is -0.112. The molecule has 4 rings (SSSR count). The fourth-order valence-electron chi connectivity index (χ4n) is 4.63. The molecule has 1 saturated carbocycles. The number of carbonyl (C=O) groups is 1. The summed E-state index contributed by atoms with van der Waals surface area (Å²) in [5, 5.41) is 0. The molecule has 1 heterocycles. The van der Waals surface area contributed by atoms with Crippen LogP contribution < -0.4 is 4.72 Å². The van der Waals surface area contributed by atoms with Crippen molar-refractivity contribution >= 4 is 15.9 Å². The van der Waals surface area contributed by atoms with E-state index in [1.165, 1.54) is 12.1 Å². The average Bonchev–Trinajstić information content (AvgIpc) is 3.52. The van der Waals surface area contributed by atoms with Crippen LogP contribution >= 0.6 is 0 Å². The van der Waals surface area contributed by atoms with E-state index in [-0.39, 0.29) is 29.3 Å². The Morgan fingerprint density at radius 3 is 2.25 bits per heavy atom. The standard InChI is InChI=1S/C23H25F3N2O3S/c1-32(30,31)27-14-5-4-11-28(12-10-14)23(29)17-13-16(17)15-6-2-7-18(24)21(15)22-19(25)8-3-9-20(22)26/h2-3,6-9,14,16-17,27H,4-5,10-13H2,1H3/t14-,16+,17-/m0/s1. The van der Waals surface area contributed by atoms with E-state index in [1.54, 1.807) is 11.0 Å². The molecule has 2 aromatic carbocycles. The molecule has 0 spiro atoms. The second-order valence-electron chi connectivity index (χ2n) is 8.59. The molecule has 1 saturated heterocycles. The van der Waals surface area contributed by atoms with Crippen LogP contribution in [0.4, 0.5) is 13.2 Å². The highest BCUT2D eigenvalue weighted by Crippen LogP contribution is 2.52. The first kappa shape index (κ1) is 22.8. The number of halogens is 3. The highest BCUT2D eigenvalue weighted by Gasteiger charge is 2.47. The summed E-state index contributed by atoms with van der Waals surface area (Å²) in [5.74, 6) is -3.22. The molecular formula is C23H25F3N2O3S. The van der Waals surface area contributed by atoms with E-state index >= 15 is 0 Å². The van der Waals surface area contributed by atoms with Crippen molar-refractivity contribution in [2.75, 3.05) is 19.3 Å². The quantitative estimate of drug-likeness (QED) is 0.729. The Hall–Kier alpha value is -2.39. The predicted molar refractivity (Wildman–Crippen MR) is 115 cm³/mol. The summed E-state index contributed by atoms with van der Waals surface area (Å²) < 4.78 is 69.1. The third kappa shape index (κ3) is 4.83. The number of amides is 1. The number of hydrogen-bond acceptors (Lipinski definition) is 3. The third-order valence-corrected chi connectivity index (χ3v) is 6.95. The summed E-state index contributed by atoms with van der Waals surface area (Å²) >= 11 is 0. The molecule has 5 nitrogen and oxygen atoms in total. The van der Waals surface area contributed by atoms with E-state index in [9.17, 15) is 26.4 Å². The zero-order chi connectivity index (χ0) is 23.0. The number of sulfonamides is 1. The van der Waals surface area contributed by atoms with E-state index in [0.29, 0.717) is 44.3 Å². The zero-order valence-electron chi connectivity index (χ0n) is 17.7. The van der Waals surface area contributed by atoms with Gasteiger partial charge in [0, 0.05) is 30.6 Å². The Morgan fingerprint density at radius 2 is 1.59 bits per heavy atom. The molecule has 0 radical (unpaired) electrons. The minimum Gasteiger partial charge on any atom is -0.342 e. The first-order valence-electron chi connectivity index (χ1n) is 10.6. The van der Waals surface area contributed by atoms with Crippen LogP contribution in [-0.2, 0) is 14.8 Å². The zero-order valence-corrected chi connectivity index (χ0v) is 18.5. The molecule has 0 bridgehead atoms. The van der Waals surface area contributed by atoms with Crippen LogP contribution in [0.1, 0.15) is 37.2 Å². The van der Waals surface area contributed by atoms with Crippen molar-refractivity contribution in [3.05, 3.63) is 59.4 Å². The Morgan fingerprint density at radius 1 is 0.969 bits per heavy atom. The van der Waals surface area contributed by atoms with Crippen LogP contribution in [-0.4, -0.2) is 44.6 Å². The van der Waals surface area contributed by atoms with Gasteiger partial charge in [-0.05, 0) is 55.4 Å². The molecular weight excluding hydrogens is 441 g/mol. The summed E-state index contributed by atoms with van der Waals surface area (Å²) in [6.45, 7) is 0.940. The lowest BCUT2D eigenvalue weighted by Gasteiger charge is -2.21. The van der Waals surface area contributed by atoms with Crippen molar-refractivity contribution in [2.24, 2.45) is 5.92 Å². The van der Waals surface area contributed by atoms with Crippen molar-refractivity contribution in [1.29, 1.82) is 0 Å². The van der Waals surface area contributed by atoms with Gasteiger partial charge in [-0.15, -0.1) is 0 Å². The first-order valence-corrected chi connectivity index (χ1v) is 12.5. The summed E-state index contributed by atoms with van der Waals surface area (Å²) in [4.78, 5) is 14.8. The van der Waals surface area contributed by atoms with Crippen LogP contribution in [0.2, 0.25) is 0 Å². The van der Waals surface area contributed by atoms with Crippen LogP contribution in [0, 0.1) is 23.4 Å². The molecule has 1 N–H and O–H groups in total. The molecule has 1 aliphatic carbocycles. The molecule has 0 unspecified atom stereocenters. The van der Waals surface area contributed by atoms with Gasteiger partial charge in [-0.25, -0.2) is 26.3 Å². The molecule has 1 aliphatic heterocycles. The Labute approximate surface area is 185 Å². The van der Waals surface area contributed by atoms with Gasteiger partial charge < -0.3 is 4.90 Å². The third-order valence-electron chi connectivity index (χ3n) is 6.19. The Balaban J connectivity index is 1.52. The smallest absolute Gasteiger partial charge is 0.226 e.